The summed E-state index contributed by atoms with van der Waals surface area (Å²) in [5.41, 5.74) is -0.572. The molecular formula is C12H10ClN3O3. The predicted octanol–water partition coefficient (Wildman–Crippen LogP) is 0.647. The first-order valence-corrected chi connectivity index (χ1v) is 5.79. The molecule has 3 N–H and O–H groups in total. The Kier molecular flexibility index (Phi) is 3.82. The molecule has 1 amide bonds. The summed E-state index contributed by atoms with van der Waals surface area (Å²) in [6.45, 7) is 0.269. The van der Waals surface area contributed by atoms with Crippen LogP contribution in [0.3, 0.4) is 0 Å². The molecule has 0 aliphatic rings. The van der Waals surface area contributed by atoms with Gasteiger partial charge < -0.3 is 10.3 Å². The van der Waals surface area contributed by atoms with Crippen LogP contribution in [0.15, 0.2) is 39.9 Å². The molecular weight excluding hydrogens is 270 g/mol. The van der Waals surface area contributed by atoms with Crippen LogP contribution in [0.4, 0.5) is 0 Å². The lowest BCUT2D eigenvalue weighted by Crippen LogP contribution is -2.30. The summed E-state index contributed by atoms with van der Waals surface area (Å²) in [5, 5.41) is 3.19. The van der Waals surface area contributed by atoms with Crippen LogP contribution in [0, 0.1) is 0 Å². The number of amides is 1. The molecule has 0 aliphatic carbocycles. The zero-order chi connectivity index (χ0) is 13.8. The van der Waals surface area contributed by atoms with Gasteiger partial charge >= 0.3 is 5.69 Å². The van der Waals surface area contributed by atoms with E-state index in [0.717, 1.165) is 11.6 Å². The van der Waals surface area contributed by atoms with Crippen molar-refractivity contribution in [3.05, 3.63) is 67.4 Å². The van der Waals surface area contributed by atoms with Gasteiger partial charge in [-0.3, -0.25) is 14.6 Å². The van der Waals surface area contributed by atoms with Gasteiger partial charge in [0.1, 0.15) is 5.69 Å². The van der Waals surface area contributed by atoms with Gasteiger partial charge in [0.2, 0.25) is 0 Å². The van der Waals surface area contributed by atoms with E-state index < -0.39 is 17.2 Å². The number of hydrogen-bond acceptors (Lipinski definition) is 3. The number of carbonyl (C=O) groups is 1. The minimum absolute atomic E-state index is 0.0808. The topological polar surface area (TPSA) is 94.8 Å². The molecule has 0 saturated carbocycles. The van der Waals surface area contributed by atoms with E-state index in [9.17, 15) is 14.4 Å². The molecule has 98 valence electrons. The maximum absolute atomic E-state index is 11.7. The number of aromatic amines is 2. The van der Waals surface area contributed by atoms with Crippen LogP contribution in [0.25, 0.3) is 0 Å². The molecule has 0 saturated heterocycles. The van der Waals surface area contributed by atoms with Gasteiger partial charge in [-0.1, -0.05) is 23.7 Å². The molecule has 7 heteroatoms. The molecule has 19 heavy (non-hydrogen) atoms. The second-order valence-corrected chi connectivity index (χ2v) is 4.25. The Bertz CT molecular complexity index is 675. The monoisotopic (exact) mass is 279 g/mol. The highest BCUT2D eigenvalue weighted by Crippen LogP contribution is 2.09. The van der Waals surface area contributed by atoms with Crippen molar-refractivity contribution in [3.8, 4) is 0 Å². The van der Waals surface area contributed by atoms with Crippen molar-refractivity contribution in [1.82, 2.24) is 15.3 Å². The van der Waals surface area contributed by atoms with Crippen molar-refractivity contribution in [3.63, 3.8) is 0 Å². The first kappa shape index (κ1) is 13.1. The lowest BCUT2D eigenvalue weighted by Gasteiger charge is -2.04. The van der Waals surface area contributed by atoms with Crippen LogP contribution in [0.2, 0.25) is 5.02 Å². The lowest BCUT2D eigenvalue weighted by atomic mass is 10.2. The van der Waals surface area contributed by atoms with Crippen LogP contribution in [-0.4, -0.2) is 15.9 Å². The van der Waals surface area contributed by atoms with Gasteiger partial charge in [-0.2, -0.15) is 0 Å². The fourth-order valence-electron chi connectivity index (χ4n) is 1.47. The maximum atomic E-state index is 11.7. The summed E-state index contributed by atoms with van der Waals surface area (Å²) in [6.07, 6.45) is 0. The number of benzene rings is 1. The van der Waals surface area contributed by atoms with E-state index in [2.05, 4.69) is 10.3 Å². The van der Waals surface area contributed by atoms with Crippen molar-refractivity contribution in [1.29, 1.82) is 0 Å². The van der Waals surface area contributed by atoms with Crippen molar-refractivity contribution in [2.45, 2.75) is 6.54 Å². The van der Waals surface area contributed by atoms with E-state index >= 15 is 0 Å². The van der Waals surface area contributed by atoms with Gasteiger partial charge in [-0.05, 0) is 17.7 Å². The Morgan fingerprint density at radius 2 is 1.84 bits per heavy atom. The second kappa shape index (κ2) is 5.53. The number of carbonyl (C=O) groups excluding carboxylic acids is 1. The minimum atomic E-state index is -0.718. The van der Waals surface area contributed by atoms with E-state index in [1.165, 1.54) is 0 Å². The molecule has 0 atom stereocenters. The van der Waals surface area contributed by atoms with E-state index in [4.69, 9.17) is 11.6 Å². The Labute approximate surface area is 112 Å². The van der Waals surface area contributed by atoms with Crippen molar-refractivity contribution in [2.75, 3.05) is 0 Å². The summed E-state index contributed by atoms with van der Waals surface area (Å²) in [7, 11) is 0. The average Bonchev–Trinajstić information content (AvgIpc) is 2.36. The molecule has 2 aromatic rings. The van der Waals surface area contributed by atoms with Gasteiger partial charge in [0, 0.05) is 17.6 Å². The van der Waals surface area contributed by atoms with Gasteiger partial charge in [0.05, 0.1) is 0 Å². The highest BCUT2D eigenvalue weighted by atomic mass is 35.5. The molecule has 1 heterocycles. The van der Waals surface area contributed by atoms with Crippen molar-refractivity contribution < 1.29 is 4.79 Å². The third-order valence-electron chi connectivity index (χ3n) is 2.37. The van der Waals surface area contributed by atoms with Gasteiger partial charge in [0.15, 0.2) is 0 Å². The average molecular weight is 280 g/mol. The zero-order valence-corrected chi connectivity index (χ0v) is 10.5. The summed E-state index contributed by atoms with van der Waals surface area (Å²) in [4.78, 5) is 38.0. The molecule has 1 aromatic heterocycles. The van der Waals surface area contributed by atoms with Gasteiger partial charge in [0.25, 0.3) is 11.5 Å². The van der Waals surface area contributed by atoms with E-state index in [-0.39, 0.29) is 12.2 Å². The molecule has 6 nitrogen and oxygen atoms in total. The molecule has 1 aromatic carbocycles. The summed E-state index contributed by atoms with van der Waals surface area (Å²) in [6, 6.07) is 7.97. The van der Waals surface area contributed by atoms with Crippen LogP contribution in [0.1, 0.15) is 16.1 Å². The molecule has 2 rings (SSSR count). The molecule has 0 bridgehead atoms. The molecule has 0 fully saturated rings. The van der Waals surface area contributed by atoms with Crippen molar-refractivity contribution >= 4 is 17.5 Å². The summed E-state index contributed by atoms with van der Waals surface area (Å²) >= 11 is 5.74. The lowest BCUT2D eigenvalue weighted by molar-refractivity contribution is 0.0945. The fraction of sp³-hybridized carbons (Fsp3) is 0.0833. The number of nitrogens with one attached hydrogen (secondary N) is 3. The number of aromatic nitrogens is 2. The highest BCUT2D eigenvalue weighted by Gasteiger charge is 2.07. The minimum Gasteiger partial charge on any atom is -0.347 e. The standard InChI is InChI=1S/C12H10ClN3O3/c13-8-3-1-7(2-4-8)6-14-11(18)9-5-10(17)16-12(19)15-9/h1-5H,6H2,(H,14,18)(H2,15,16,17,19). The van der Waals surface area contributed by atoms with E-state index in [1.54, 1.807) is 24.3 Å². The number of halogens is 1. The molecule has 0 aliphatic heterocycles. The Hall–Kier alpha value is -2.34. The Morgan fingerprint density at radius 1 is 1.16 bits per heavy atom. The van der Waals surface area contributed by atoms with E-state index in [0.29, 0.717) is 5.02 Å². The van der Waals surface area contributed by atoms with Crippen molar-refractivity contribution in [2.24, 2.45) is 0 Å². The quantitative estimate of drug-likeness (QED) is 0.770. The SMILES string of the molecule is O=C(NCc1ccc(Cl)cc1)c1cc(=O)[nH]c(=O)[nH]1. The van der Waals surface area contributed by atoms with Gasteiger partial charge in [-0.15, -0.1) is 0 Å². The predicted molar refractivity (Wildman–Crippen MR) is 70.3 cm³/mol. The molecule has 0 radical (unpaired) electrons. The normalized spacial score (nSPS) is 10.2. The van der Waals surface area contributed by atoms with Crippen LogP contribution in [0.5, 0.6) is 0 Å². The van der Waals surface area contributed by atoms with Crippen LogP contribution in [-0.2, 0) is 6.54 Å². The third kappa shape index (κ3) is 3.56. The summed E-state index contributed by atoms with van der Waals surface area (Å²) < 4.78 is 0. The second-order valence-electron chi connectivity index (χ2n) is 3.81. The highest BCUT2D eigenvalue weighted by molar-refractivity contribution is 6.30. The fourth-order valence-corrected chi connectivity index (χ4v) is 1.60. The number of rotatable bonds is 3. The largest absolute Gasteiger partial charge is 0.347 e. The maximum Gasteiger partial charge on any atom is 0.326 e. The van der Waals surface area contributed by atoms with Gasteiger partial charge in [-0.25, -0.2) is 4.79 Å². The third-order valence-corrected chi connectivity index (χ3v) is 2.62. The van der Waals surface area contributed by atoms with E-state index in [1.807, 2.05) is 4.98 Å². The smallest absolute Gasteiger partial charge is 0.326 e. The molecule has 0 spiro atoms. The number of H-pyrrole nitrogens is 2. The Morgan fingerprint density at radius 3 is 2.47 bits per heavy atom. The van der Waals surface area contributed by atoms with Crippen LogP contribution >= 0.6 is 11.6 Å². The molecule has 0 unspecified atom stereocenters. The zero-order valence-electron chi connectivity index (χ0n) is 9.70. The first-order valence-electron chi connectivity index (χ1n) is 5.41. The summed E-state index contributed by atoms with van der Waals surface area (Å²) in [5.74, 6) is -0.529. The Balaban J connectivity index is 2.07. The first-order chi connectivity index (χ1) is 9.04. The van der Waals surface area contributed by atoms with Crippen LogP contribution < -0.4 is 16.6 Å². The number of hydrogen-bond donors (Lipinski definition) is 3.